The van der Waals surface area contributed by atoms with Crippen LogP contribution in [0.4, 0.5) is 11.4 Å². The molecule has 4 aromatic carbocycles. The first-order valence-corrected chi connectivity index (χ1v) is 11.7. The van der Waals surface area contributed by atoms with E-state index in [9.17, 15) is 19.7 Å². The molecule has 2 N–H and O–H groups in total. The molecule has 0 unspecified atom stereocenters. The summed E-state index contributed by atoms with van der Waals surface area (Å²) in [5, 5.41) is 20.0. The Morgan fingerprint density at radius 3 is 2.45 bits per heavy atom. The van der Waals surface area contributed by atoms with E-state index in [1.54, 1.807) is 25.1 Å². The molecule has 0 saturated heterocycles. The lowest BCUT2D eigenvalue weighted by atomic mass is 10.1. The number of anilines is 1. The Morgan fingerprint density at radius 1 is 0.947 bits per heavy atom. The second-order valence-corrected chi connectivity index (χ2v) is 8.04. The van der Waals surface area contributed by atoms with Gasteiger partial charge in [-0.25, -0.2) is 10.2 Å². The molecule has 10 nitrogen and oxygen atoms in total. The van der Waals surface area contributed by atoms with Crippen LogP contribution in [0.1, 0.15) is 22.8 Å². The standard InChI is InChI=1S/C28H24N4O6/c1-2-37-26-15-19(7-14-25(26)38-28(34)21-9-12-24(13-10-21)32(35)36)17-30-31-27(33)18-29-23-11-8-20-5-3-4-6-22(20)16-23/h3-17,29H,2,18H2,1H3,(H,31,33). The molecule has 4 aromatic rings. The van der Waals surface area contributed by atoms with E-state index in [4.69, 9.17) is 9.47 Å². The number of nitro groups is 1. The molecule has 0 fully saturated rings. The van der Waals surface area contributed by atoms with E-state index in [1.165, 1.54) is 30.5 Å². The molecule has 0 atom stereocenters. The number of nitrogens with one attached hydrogen (secondary N) is 2. The second kappa shape index (κ2) is 12.1. The molecular formula is C28H24N4O6. The quantitative estimate of drug-likeness (QED) is 0.101. The van der Waals surface area contributed by atoms with Crippen molar-refractivity contribution in [2.45, 2.75) is 6.92 Å². The summed E-state index contributed by atoms with van der Waals surface area (Å²) in [5.74, 6) is -0.534. The highest BCUT2D eigenvalue weighted by atomic mass is 16.6. The number of ether oxygens (including phenoxy) is 2. The molecule has 4 rings (SSSR count). The van der Waals surface area contributed by atoms with Gasteiger partial charge in [0, 0.05) is 17.8 Å². The zero-order valence-electron chi connectivity index (χ0n) is 20.4. The molecule has 38 heavy (non-hydrogen) atoms. The molecule has 0 spiro atoms. The maximum Gasteiger partial charge on any atom is 0.343 e. The predicted molar refractivity (Wildman–Crippen MR) is 144 cm³/mol. The van der Waals surface area contributed by atoms with E-state index in [0.717, 1.165) is 16.5 Å². The van der Waals surface area contributed by atoms with Crippen molar-refractivity contribution < 1.29 is 24.0 Å². The van der Waals surface area contributed by atoms with Gasteiger partial charge in [0.2, 0.25) is 0 Å². The summed E-state index contributed by atoms with van der Waals surface area (Å²) in [6.45, 7) is 2.14. The van der Waals surface area contributed by atoms with Crippen LogP contribution in [0, 0.1) is 10.1 Å². The summed E-state index contributed by atoms with van der Waals surface area (Å²) in [6, 6.07) is 23.7. The van der Waals surface area contributed by atoms with Gasteiger partial charge >= 0.3 is 5.97 Å². The van der Waals surface area contributed by atoms with Crippen LogP contribution in [0.15, 0.2) is 90.0 Å². The summed E-state index contributed by atoms with van der Waals surface area (Å²) in [5.41, 5.74) is 3.92. The van der Waals surface area contributed by atoms with Crippen LogP contribution in [-0.4, -0.2) is 36.2 Å². The predicted octanol–water partition coefficient (Wildman–Crippen LogP) is 4.93. The molecule has 0 aliphatic carbocycles. The Labute approximate surface area is 218 Å². The van der Waals surface area contributed by atoms with Gasteiger partial charge in [-0.1, -0.05) is 30.3 Å². The Morgan fingerprint density at radius 2 is 1.71 bits per heavy atom. The number of benzene rings is 4. The zero-order chi connectivity index (χ0) is 26.9. The van der Waals surface area contributed by atoms with Gasteiger partial charge in [0.05, 0.1) is 29.9 Å². The molecule has 10 heteroatoms. The molecular weight excluding hydrogens is 488 g/mol. The minimum Gasteiger partial charge on any atom is -0.490 e. The van der Waals surface area contributed by atoms with E-state index in [-0.39, 0.29) is 29.5 Å². The van der Waals surface area contributed by atoms with Crippen molar-refractivity contribution in [3.8, 4) is 11.5 Å². The Hall–Kier alpha value is -5.25. The van der Waals surface area contributed by atoms with Crippen LogP contribution < -0.4 is 20.2 Å². The number of hydrazone groups is 1. The third-order valence-corrected chi connectivity index (χ3v) is 5.39. The summed E-state index contributed by atoms with van der Waals surface area (Å²) in [6.07, 6.45) is 1.44. The number of carbonyl (C=O) groups excluding carboxylic acids is 2. The number of non-ortho nitro benzene ring substituents is 1. The average Bonchev–Trinajstić information content (AvgIpc) is 2.93. The number of nitro benzene ring substituents is 1. The number of amides is 1. The maximum absolute atomic E-state index is 12.5. The lowest BCUT2D eigenvalue weighted by molar-refractivity contribution is -0.384. The average molecular weight is 513 g/mol. The summed E-state index contributed by atoms with van der Waals surface area (Å²) >= 11 is 0. The normalized spacial score (nSPS) is 10.8. The van der Waals surface area contributed by atoms with Gasteiger partial charge in [-0.2, -0.15) is 5.10 Å². The van der Waals surface area contributed by atoms with E-state index in [2.05, 4.69) is 15.8 Å². The highest BCUT2D eigenvalue weighted by molar-refractivity contribution is 5.92. The molecule has 0 aliphatic rings. The molecule has 0 aromatic heterocycles. The van der Waals surface area contributed by atoms with Gasteiger partial charge in [-0.15, -0.1) is 0 Å². The Balaban J connectivity index is 1.34. The van der Waals surface area contributed by atoms with Crippen LogP contribution >= 0.6 is 0 Å². The lowest BCUT2D eigenvalue weighted by Gasteiger charge is -2.11. The molecule has 0 bridgehead atoms. The molecule has 0 saturated carbocycles. The van der Waals surface area contributed by atoms with Crippen molar-refractivity contribution in [3.05, 3.63) is 106 Å². The van der Waals surface area contributed by atoms with E-state index in [1.807, 2.05) is 42.5 Å². The largest absolute Gasteiger partial charge is 0.490 e. The summed E-state index contributed by atoms with van der Waals surface area (Å²) in [7, 11) is 0. The van der Waals surface area contributed by atoms with Gasteiger partial charge in [-0.3, -0.25) is 14.9 Å². The molecule has 0 aliphatic heterocycles. The van der Waals surface area contributed by atoms with Crippen LogP contribution in [0.2, 0.25) is 0 Å². The van der Waals surface area contributed by atoms with Gasteiger partial charge in [-0.05, 0) is 65.7 Å². The number of rotatable bonds is 10. The highest BCUT2D eigenvalue weighted by Gasteiger charge is 2.15. The topological polar surface area (TPSA) is 132 Å². The van der Waals surface area contributed by atoms with Crippen molar-refractivity contribution in [2.24, 2.45) is 5.10 Å². The van der Waals surface area contributed by atoms with E-state index in [0.29, 0.717) is 17.9 Å². The first kappa shape index (κ1) is 25.8. The third-order valence-electron chi connectivity index (χ3n) is 5.39. The number of carbonyl (C=O) groups is 2. The third kappa shape index (κ3) is 6.70. The number of hydrogen-bond acceptors (Lipinski definition) is 8. The first-order chi connectivity index (χ1) is 18.4. The van der Waals surface area contributed by atoms with Gasteiger partial charge < -0.3 is 14.8 Å². The van der Waals surface area contributed by atoms with Gasteiger partial charge in [0.1, 0.15) is 0 Å². The van der Waals surface area contributed by atoms with Gasteiger partial charge in [0.25, 0.3) is 11.6 Å². The fraction of sp³-hybridized carbons (Fsp3) is 0.107. The SMILES string of the molecule is CCOc1cc(C=NNC(=O)CNc2ccc3ccccc3c2)ccc1OC(=O)c1ccc([N+](=O)[O-])cc1. The van der Waals surface area contributed by atoms with Crippen molar-refractivity contribution >= 4 is 40.2 Å². The van der Waals surface area contributed by atoms with Crippen LogP contribution in [0.25, 0.3) is 10.8 Å². The molecule has 0 heterocycles. The van der Waals surface area contributed by atoms with Crippen molar-refractivity contribution in [1.29, 1.82) is 0 Å². The van der Waals surface area contributed by atoms with Crippen LogP contribution in [0.3, 0.4) is 0 Å². The maximum atomic E-state index is 12.5. The Kier molecular flexibility index (Phi) is 8.25. The number of nitrogens with zero attached hydrogens (tertiary/aromatic N) is 2. The summed E-state index contributed by atoms with van der Waals surface area (Å²) in [4.78, 5) is 34.9. The van der Waals surface area contributed by atoms with Crippen molar-refractivity contribution in [1.82, 2.24) is 5.43 Å². The smallest absolute Gasteiger partial charge is 0.343 e. The number of esters is 1. The van der Waals surface area contributed by atoms with Gasteiger partial charge in [0.15, 0.2) is 11.5 Å². The fourth-order valence-corrected chi connectivity index (χ4v) is 3.54. The van der Waals surface area contributed by atoms with Crippen molar-refractivity contribution in [3.63, 3.8) is 0 Å². The number of fused-ring (bicyclic) bond motifs is 1. The Bertz CT molecular complexity index is 1500. The van der Waals surface area contributed by atoms with E-state index < -0.39 is 10.9 Å². The minimum absolute atomic E-state index is 0.0391. The molecule has 1 amide bonds. The lowest BCUT2D eigenvalue weighted by Crippen LogP contribution is -2.25. The molecule has 0 radical (unpaired) electrons. The fourth-order valence-electron chi connectivity index (χ4n) is 3.54. The number of hydrogen-bond donors (Lipinski definition) is 2. The highest BCUT2D eigenvalue weighted by Crippen LogP contribution is 2.29. The van der Waals surface area contributed by atoms with E-state index >= 15 is 0 Å². The van der Waals surface area contributed by atoms with Crippen LogP contribution in [0.5, 0.6) is 11.5 Å². The zero-order valence-corrected chi connectivity index (χ0v) is 20.4. The molecule has 192 valence electrons. The first-order valence-electron chi connectivity index (χ1n) is 11.7. The minimum atomic E-state index is -0.687. The monoisotopic (exact) mass is 512 g/mol. The second-order valence-electron chi connectivity index (χ2n) is 8.04. The summed E-state index contributed by atoms with van der Waals surface area (Å²) < 4.78 is 11.0. The van der Waals surface area contributed by atoms with Crippen molar-refractivity contribution in [2.75, 3.05) is 18.5 Å². The van der Waals surface area contributed by atoms with Crippen LogP contribution in [-0.2, 0) is 4.79 Å².